The van der Waals surface area contributed by atoms with Gasteiger partial charge in [0.25, 0.3) is 0 Å². The molecule has 0 radical (unpaired) electrons. The average molecular weight is 259 g/mol. The van der Waals surface area contributed by atoms with E-state index in [2.05, 4.69) is 18.0 Å². The maximum Gasteiger partial charge on any atom is 0.248 e. The number of nitrogens with one attached hydrogen (secondary N) is 1. The molecule has 1 N–H and O–H groups in total. The molecule has 3 aliphatic rings. The molecule has 0 amide bonds. The van der Waals surface area contributed by atoms with E-state index in [0.29, 0.717) is 13.2 Å². The Kier molecular flexibility index (Phi) is 2.29. The summed E-state index contributed by atoms with van der Waals surface area (Å²) in [5.74, 6) is -0.0880. The van der Waals surface area contributed by atoms with Crippen molar-refractivity contribution in [3.05, 3.63) is 45.4 Å². The first-order chi connectivity index (χ1) is 9.19. The third kappa shape index (κ3) is 1.50. The van der Waals surface area contributed by atoms with E-state index >= 15 is 0 Å². The van der Waals surface area contributed by atoms with Gasteiger partial charge in [0.1, 0.15) is 0 Å². The first-order valence-corrected chi connectivity index (χ1v) is 6.86. The highest BCUT2D eigenvalue weighted by Crippen LogP contribution is 2.53. The second-order valence-electron chi connectivity index (χ2n) is 5.76. The summed E-state index contributed by atoms with van der Waals surface area (Å²) in [5, 5.41) is 0. The van der Waals surface area contributed by atoms with Gasteiger partial charge in [-0.05, 0) is 25.3 Å². The molecule has 100 valence electrons. The Morgan fingerprint density at radius 3 is 2.84 bits per heavy atom. The molecule has 4 rings (SSSR count). The van der Waals surface area contributed by atoms with Crippen molar-refractivity contribution >= 4 is 0 Å². The number of H-pyrrole nitrogens is 1. The lowest BCUT2D eigenvalue weighted by atomic mass is 9.67. The van der Waals surface area contributed by atoms with Gasteiger partial charge in [-0.3, -0.25) is 4.79 Å². The molecular weight excluding hydrogens is 242 g/mol. The first-order valence-electron chi connectivity index (χ1n) is 6.86. The quantitative estimate of drug-likeness (QED) is 0.722. The Morgan fingerprint density at radius 1 is 1.26 bits per heavy atom. The average Bonchev–Trinajstić information content (AvgIpc) is 2.82. The van der Waals surface area contributed by atoms with Crippen LogP contribution in [0.5, 0.6) is 0 Å². The summed E-state index contributed by atoms with van der Waals surface area (Å²) in [5.41, 5.74) is 3.60. The van der Waals surface area contributed by atoms with Gasteiger partial charge in [-0.2, -0.15) is 0 Å². The molecule has 2 aliphatic carbocycles. The lowest BCUT2D eigenvalue weighted by Gasteiger charge is -2.48. The largest absolute Gasteiger partial charge is 0.346 e. The molecule has 2 heterocycles. The van der Waals surface area contributed by atoms with Crippen LogP contribution in [0.2, 0.25) is 0 Å². The monoisotopic (exact) mass is 259 g/mol. The van der Waals surface area contributed by atoms with Gasteiger partial charge < -0.3 is 14.5 Å². The van der Waals surface area contributed by atoms with Crippen LogP contribution in [-0.4, -0.2) is 24.0 Å². The van der Waals surface area contributed by atoms with Crippen molar-refractivity contribution < 1.29 is 9.47 Å². The standard InChI is InChI=1S/C15H17NO3/c1-9-6-10-8-13-11(2-3-14(17)16-13)12(7-9)15(10)18-4-5-19-15/h2-3,6,10,12H,4-5,7-8H2,1H3,(H,16,17)/t10-,12+/m0/s1. The summed E-state index contributed by atoms with van der Waals surface area (Å²) in [6.07, 6.45) is 3.99. The molecule has 4 nitrogen and oxygen atoms in total. The van der Waals surface area contributed by atoms with E-state index in [9.17, 15) is 4.79 Å². The molecule has 1 spiro atoms. The topological polar surface area (TPSA) is 51.3 Å². The molecule has 0 aromatic carbocycles. The van der Waals surface area contributed by atoms with Gasteiger partial charge in [0, 0.05) is 23.6 Å². The zero-order valence-electron chi connectivity index (χ0n) is 10.9. The van der Waals surface area contributed by atoms with E-state index in [0.717, 1.165) is 18.5 Å². The van der Waals surface area contributed by atoms with Gasteiger partial charge in [-0.1, -0.05) is 17.7 Å². The van der Waals surface area contributed by atoms with E-state index in [-0.39, 0.29) is 17.4 Å². The summed E-state index contributed by atoms with van der Waals surface area (Å²) < 4.78 is 12.1. The summed E-state index contributed by atoms with van der Waals surface area (Å²) in [6, 6.07) is 3.55. The number of hydrogen-bond donors (Lipinski definition) is 1. The predicted molar refractivity (Wildman–Crippen MR) is 70.0 cm³/mol. The smallest absolute Gasteiger partial charge is 0.248 e. The minimum absolute atomic E-state index is 0.0262. The van der Waals surface area contributed by atoms with Gasteiger partial charge in [0.05, 0.1) is 13.2 Å². The van der Waals surface area contributed by atoms with Crippen LogP contribution >= 0.6 is 0 Å². The molecule has 0 unspecified atom stereocenters. The molecule has 0 saturated carbocycles. The third-order valence-corrected chi connectivity index (χ3v) is 4.59. The number of rotatable bonds is 0. The predicted octanol–water partition coefficient (Wildman–Crippen LogP) is 1.72. The summed E-state index contributed by atoms with van der Waals surface area (Å²) in [7, 11) is 0. The van der Waals surface area contributed by atoms with Crippen LogP contribution in [0.4, 0.5) is 0 Å². The normalized spacial score (nSPS) is 31.1. The molecule has 1 saturated heterocycles. The highest BCUT2D eigenvalue weighted by molar-refractivity contribution is 5.37. The molecule has 1 fully saturated rings. The fourth-order valence-electron chi connectivity index (χ4n) is 3.88. The summed E-state index contributed by atoms with van der Waals surface area (Å²) >= 11 is 0. The van der Waals surface area contributed by atoms with Crippen LogP contribution < -0.4 is 5.56 Å². The Labute approximate surface area is 111 Å². The number of ether oxygens (including phenoxy) is 2. The van der Waals surface area contributed by atoms with Gasteiger partial charge >= 0.3 is 0 Å². The van der Waals surface area contributed by atoms with E-state index < -0.39 is 5.79 Å². The number of aromatic nitrogens is 1. The maximum atomic E-state index is 11.5. The highest BCUT2D eigenvalue weighted by atomic mass is 16.7. The second kappa shape index (κ2) is 3.81. The molecule has 1 aromatic rings. The number of fused-ring (bicyclic) bond motifs is 2. The third-order valence-electron chi connectivity index (χ3n) is 4.59. The Balaban J connectivity index is 1.91. The molecule has 2 bridgehead atoms. The SMILES string of the molecule is CC1=C[C@H]2Cc3[nH]c(=O)ccc3[C@@H](C1)C21OCCO1. The zero-order valence-corrected chi connectivity index (χ0v) is 10.9. The lowest BCUT2D eigenvalue weighted by Crippen LogP contribution is -2.51. The van der Waals surface area contributed by atoms with Crippen LogP contribution in [0.25, 0.3) is 0 Å². The number of aromatic amines is 1. The summed E-state index contributed by atoms with van der Waals surface area (Å²) in [6.45, 7) is 3.50. The van der Waals surface area contributed by atoms with Gasteiger partial charge in [0.2, 0.25) is 5.56 Å². The molecule has 1 aromatic heterocycles. The van der Waals surface area contributed by atoms with E-state index in [1.54, 1.807) is 6.07 Å². The van der Waals surface area contributed by atoms with Crippen molar-refractivity contribution in [2.45, 2.75) is 31.5 Å². The van der Waals surface area contributed by atoms with Gasteiger partial charge in [0.15, 0.2) is 5.79 Å². The summed E-state index contributed by atoms with van der Waals surface area (Å²) in [4.78, 5) is 14.5. The molecule has 4 heteroatoms. The van der Waals surface area contributed by atoms with Gasteiger partial charge in [-0.25, -0.2) is 0 Å². The lowest BCUT2D eigenvalue weighted by molar-refractivity contribution is -0.209. The van der Waals surface area contributed by atoms with Crippen LogP contribution in [0, 0.1) is 5.92 Å². The van der Waals surface area contributed by atoms with Crippen molar-refractivity contribution in [2.24, 2.45) is 5.92 Å². The van der Waals surface area contributed by atoms with Gasteiger partial charge in [-0.15, -0.1) is 0 Å². The van der Waals surface area contributed by atoms with Crippen LogP contribution in [0.1, 0.15) is 30.5 Å². The first kappa shape index (κ1) is 11.4. The zero-order chi connectivity index (χ0) is 13.0. The van der Waals surface area contributed by atoms with Crippen molar-refractivity contribution in [3.63, 3.8) is 0 Å². The fraction of sp³-hybridized carbons (Fsp3) is 0.533. The number of hydrogen-bond acceptors (Lipinski definition) is 3. The van der Waals surface area contributed by atoms with Crippen LogP contribution in [0.15, 0.2) is 28.6 Å². The number of pyridine rings is 1. The number of allylic oxidation sites excluding steroid dienone is 1. The van der Waals surface area contributed by atoms with Crippen molar-refractivity contribution in [2.75, 3.05) is 13.2 Å². The molecular formula is C15H17NO3. The van der Waals surface area contributed by atoms with E-state index in [1.165, 1.54) is 11.1 Å². The molecule has 1 aliphatic heterocycles. The molecule has 2 atom stereocenters. The van der Waals surface area contributed by atoms with Crippen LogP contribution in [0.3, 0.4) is 0 Å². The van der Waals surface area contributed by atoms with Crippen molar-refractivity contribution in [1.29, 1.82) is 0 Å². The molecule has 19 heavy (non-hydrogen) atoms. The maximum absolute atomic E-state index is 11.5. The highest BCUT2D eigenvalue weighted by Gasteiger charge is 2.55. The Hall–Kier alpha value is -1.39. The second-order valence-corrected chi connectivity index (χ2v) is 5.76. The van der Waals surface area contributed by atoms with E-state index in [1.807, 2.05) is 6.07 Å². The van der Waals surface area contributed by atoms with E-state index in [4.69, 9.17) is 9.47 Å². The Bertz CT molecular complexity index is 610. The minimum Gasteiger partial charge on any atom is -0.346 e. The minimum atomic E-state index is -0.495. The fourth-order valence-corrected chi connectivity index (χ4v) is 3.88. The van der Waals surface area contributed by atoms with Crippen molar-refractivity contribution in [3.8, 4) is 0 Å². The van der Waals surface area contributed by atoms with Crippen molar-refractivity contribution in [1.82, 2.24) is 4.98 Å². The Morgan fingerprint density at radius 2 is 2.05 bits per heavy atom. The van der Waals surface area contributed by atoms with Crippen LogP contribution in [-0.2, 0) is 15.9 Å².